The lowest BCUT2D eigenvalue weighted by atomic mass is 10.1. The summed E-state index contributed by atoms with van der Waals surface area (Å²) in [7, 11) is 0. The maximum absolute atomic E-state index is 12.3. The van der Waals surface area contributed by atoms with E-state index in [2.05, 4.69) is 18.8 Å². The van der Waals surface area contributed by atoms with Crippen molar-refractivity contribution in [2.24, 2.45) is 5.92 Å². The monoisotopic (exact) mass is 268 g/mol. The van der Waals surface area contributed by atoms with Crippen LogP contribution in [0.5, 0.6) is 0 Å². The van der Waals surface area contributed by atoms with Crippen molar-refractivity contribution < 1.29 is 0 Å². The Bertz CT molecular complexity index is 636. The van der Waals surface area contributed by atoms with Crippen LogP contribution in [0.3, 0.4) is 0 Å². The van der Waals surface area contributed by atoms with Gasteiger partial charge in [-0.25, -0.2) is 0 Å². The number of H-pyrrole nitrogens is 1. The van der Waals surface area contributed by atoms with E-state index in [4.69, 9.17) is 12.2 Å². The number of aromatic nitrogens is 2. The Morgan fingerprint density at radius 3 is 2.82 bits per heavy atom. The highest BCUT2D eigenvalue weighted by molar-refractivity contribution is 7.71. The molecule has 0 bridgehead atoms. The van der Waals surface area contributed by atoms with Crippen molar-refractivity contribution in [3.05, 3.63) is 26.6 Å². The number of rotatable bonds is 3. The Hall–Kier alpha value is -0.940. The molecule has 2 aromatic heterocycles. The topological polar surface area (TPSA) is 37.8 Å². The van der Waals surface area contributed by atoms with E-state index in [9.17, 15) is 4.79 Å². The molecular weight excluding hydrogens is 252 g/mol. The zero-order valence-corrected chi connectivity index (χ0v) is 11.8. The van der Waals surface area contributed by atoms with E-state index in [1.807, 2.05) is 18.4 Å². The summed E-state index contributed by atoms with van der Waals surface area (Å²) in [5, 5.41) is 2.65. The molecule has 0 aromatic carbocycles. The van der Waals surface area contributed by atoms with Crippen LogP contribution in [0.25, 0.3) is 10.2 Å². The van der Waals surface area contributed by atoms with E-state index in [1.54, 1.807) is 4.57 Å². The fourth-order valence-electron chi connectivity index (χ4n) is 2.14. The minimum Gasteiger partial charge on any atom is -0.323 e. The first kappa shape index (κ1) is 12.5. The first-order valence-corrected chi connectivity index (χ1v) is 7.01. The van der Waals surface area contributed by atoms with Crippen LogP contribution in [0.15, 0.2) is 16.2 Å². The third-order valence-corrected chi connectivity index (χ3v) is 3.94. The molecular formula is C12H16N2OS2. The van der Waals surface area contributed by atoms with E-state index < -0.39 is 0 Å². The molecule has 92 valence electrons. The molecule has 1 atom stereocenters. The summed E-state index contributed by atoms with van der Waals surface area (Å²) in [5.74, 6) is 0.546. The van der Waals surface area contributed by atoms with Gasteiger partial charge in [0, 0.05) is 6.04 Å². The zero-order valence-electron chi connectivity index (χ0n) is 10.2. The Balaban J connectivity index is 2.60. The van der Waals surface area contributed by atoms with Gasteiger partial charge in [-0.1, -0.05) is 13.8 Å². The van der Waals surface area contributed by atoms with Gasteiger partial charge < -0.3 is 4.98 Å². The third-order valence-electron chi connectivity index (χ3n) is 2.81. The summed E-state index contributed by atoms with van der Waals surface area (Å²) in [6.07, 6.45) is 0.951. The van der Waals surface area contributed by atoms with Crippen LogP contribution in [0.4, 0.5) is 0 Å². The second-order valence-corrected chi connectivity index (χ2v) is 6.05. The normalized spacial score (nSPS) is 13.4. The minimum atomic E-state index is 0.0261. The molecule has 0 aliphatic rings. The van der Waals surface area contributed by atoms with Gasteiger partial charge in [0.15, 0.2) is 4.77 Å². The molecule has 1 N–H and O–H groups in total. The van der Waals surface area contributed by atoms with Crippen LogP contribution in [0.1, 0.15) is 33.2 Å². The van der Waals surface area contributed by atoms with Gasteiger partial charge >= 0.3 is 0 Å². The predicted molar refractivity (Wildman–Crippen MR) is 75.4 cm³/mol. The fourth-order valence-corrected chi connectivity index (χ4v) is 3.35. The Morgan fingerprint density at radius 2 is 2.18 bits per heavy atom. The van der Waals surface area contributed by atoms with Crippen LogP contribution in [0.2, 0.25) is 0 Å². The Labute approximate surface area is 109 Å². The van der Waals surface area contributed by atoms with Crippen molar-refractivity contribution >= 4 is 33.8 Å². The number of fused-ring (bicyclic) bond motifs is 1. The van der Waals surface area contributed by atoms with Gasteiger partial charge in [0.2, 0.25) is 0 Å². The molecule has 0 saturated heterocycles. The number of nitrogens with one attached hydrogen (secondary N) is 1. The number of thiophene rings is 1. The lowest BCUT2D eigenvalue weighted by Crippen LogP contribution is -2.25. The lowest BCUT2D eigenvalue weighted by molar-refractivity contribution is 0.414. The van der Waals surface area contributed by atoms with E-state index in [0.29, 0.717) is 10.7 Å². The van der Waals surface area contributed by atoms with Crippen molar-refractivity contribution in [3.63, 3.8) is 0 Å². The van der Waals surface area contributed by atoms with Gasteiger partial charge in [-0.3, -0.25) is 9.36 Å². The molecule has 0 saturated carbocycles. The van der Waals surface area contributed by atoms with E-state index >= 15 is 0 Å². The molecule has 2 heterocycles. The molecule has 3 nitrogen and oxygen atoms in total. The average molecular weight is 268 g/mol. The SMILES string of the molecule is CC(C)CC(C)n1c(=S)[nH]c2sccc2c1=O. The van der Waals surface area contributed by atoms with Crippen molar-refractivity contribution in [2.75, 3.05) is 0 Å². The fraction of sp³-hybridized carbons (Fsp3) is 0.500. The van der Waals surface area contributed by atoms with Gasteiger partial charge in [-0.05, 0) is 42.9 Å². The molecule has 2 rings (SSSR count). The van der Waals surface area contributed by atoms with Crippen LogP contribution in [0, 0.1) is 10.7 Å². The molecule has 5 heteroatoms. The van der Waals surface area contributed by atoms with E-state index in [-0.39, 0.29) is 11.6 Å². The number of nitrogens with zero attached hydrogens (tertiary/aromatic N) is 1. The molecule has 0 amide bonds. The summed E-state index contributed by atoms with van der Waals surface area (Å²) in [5.41, 5.74) is 0.0261. The highest BCUT2D eigenvalue weighted by Crippen LogP contribution is 2.19. The third kappa shape index (κ3) is 2.35. The zero-order chi connectivity index (χ0) is 12.6. The number of aromatic amines is 1. The molecule has 1 unspecified atom stereocenters. The first-order valence-electron chi connectivity index (χ1n) is 5.72. The van der Waals surface area contributed by atoms with Crippen molar-refractivity contribution in [3.8, 4) is 0 Å². The highest BCUT2D eigenvalue weighted by Gasteiger charge is 2.13. The Kier molecular flexibility index (Phi) is 3.49. The summed E-state index contributed by atoms with van der Waals surface area (Å²) >= 11 is 6.79. The molecule has 0 aliphatic carbocycles. The summed E-state index contributed by atoms with van der Waals surface area (Å²) in [6.45, 7) is 6.35. The van der Waals surface area contributed by atoms with Crippen molar-refractivity contribution in [2.45, 2.75) is 33.2 Å². The lowest BCUT2D eigenvalue weighted by Gasteiger charge is -2.17. The predicted octanol–water partition coefficient (Wildman–Crippen LogP) is 3.73. The van der Waals surface area contributed by atoms with Gasteiger partial charge in [0.05, 0.1) is 5.39 Å². The van der Waals surface area contributed by atoms with Crippen LogP contribution in [-0.2, 0) is 0 Å². The number of hydrogen-bond acceptors (Lipinski definition) is 3. The molecule has 0 radical (unpaired) electrons. The van der Waals surface area contributed by atoms with Crippen molar-refractivity contribution in [1.82, 2.24) is 9.55 Å². The standard InChI is InChI=1S/C12H16N2OS2/c1-7(2)6-8(3)14-11(15)9-4-5-17-10(9)13-12(14)16/h4-5,7-8H,6H2,1-3H3,(H,13,16). The maximum atomic E-state index is 12.3. The molecule has 0 fully saturated rings. The summed E-state index contributed by atoms with van der Waals surface area (Å²) in [4.78, 5) is 16.3. The van der Waals surface area contributed by atoms with Crippen LogP contribution >= 0.6 is 23.6 Å². The highest BCUT2D eigenvalue weighted by atomic mass is 32.1. The van der Waals surface area contributed by atoms with Gasteiger partial charge in [0.25, 0.3) is 5.56 Å². The second-order valence-electron chi connectivity index (χ2n) is 4.75. The molecule has 0 aliphatic heterocycles. The average Bonchev–Trinajstić information content (AvgIpc) is 2.64. The summed E-state index contributed by atoms with van der Waals surface area (Å²) < 4.78 is 2.22. The van der Waals surface area contributed by atoms with Crippen LogP contribution in [-0.4, -0.2) is 9.55 Å². The van der Waals surface area contributed by atoms with Crippen LogP contribution < -0.4 is 5.56 Å². The van der Waals surface area contributed by atoms with Gasteiger partial charge in [0.1, 0.15) is 4.83 Å². The molecule has 0 spiro atoms. The second kappa shape index (κ2) is 4.74. The molecule has 17 heavy (non-hydrogen) atoms. The van der Waals surface area contributed by atoms with E-state index in [1.165, 1.54) is 11.3 Å². The quantitative estimate of drug-likeness (QED) is 0.861. The van der Waals surface area contributed by atoms with Crippen molar-refractivity contribution in [1.29, 1.82) is 0 Å². The van der Waals surface area contributed by atoms with Gasteiger partial charge in [-0.15, -0.1) is 11.3 Å². The largest absolute Gasteiger partial charge is 0.323 e. The number of hydrogen-bond donors (Lipinski definition) is 1. The Morgan fingerprint density at radius 1 is 1.47 bits per heavy atom. The van der Waals surface area contributed by atoms with Gasteiger partial charge in [-0.2, -0.15) is 0 Å². The van der Waals surface area contributed by atoms with E-state index in [0.717, 1.165) is 16.6 Å². The summed E-state index contributed by atoms with van der Waals surface area (Å²) in [6, 6.07) is 1.99. The first-order chi connectivity index (χ1) is 8.00. The minimum absolute atomic E-state index is 0.0261. The maximum Gasteiger partial charge on any atom is 0.263 e. The smallest absolute Gasteiger partial charge is 0.263 e. The molecule has 2 aromatic rings.